The third-order valence-electron chi connectivity index (χ3n) is 4.42. The molecule has 7 heteroatoms. The van der Waals surface area contributed by atoms with Gasteiger partial charge in [0.1, 0.15) is 0 Å². The van der Waals surface area contributed by atoms with Gasteiger partial charge in [-0.05, 0) is 31.7 Å². The van der Waals surface area contributed by atoms with E-state index < -0.39 is 5.41 Å². The zero-order valence-corrected chi connectivity index (χ0v) is 17.8. The monoisotopic (exact) mass is 425 g/mol. The third kappa shape index (κ3) is 5.42. The Labute approximate surface area is 176 Å². The van der Waals surface area contributed by atoms with Gasteiger partial charge in [-0.25, -0.2) is 4.98 Å². The minimum absolute atomic E-state index is 0. The van der Waals surface area contributed by atoms with Crippen LogP contribution in [-0.4, -0.2) is 31.0 Å². The molecule has 4 nitrogen and oxygen atoms in total. The zero-order valence-electron chi connectivity index (χ0n) is 15.4. The van der Waals surface area contributed by atoms with Gasteiger partial charge in [0.15, 0.2) is 0 Å². The molecule has 146 valence electrons. The Morgan fingerprint density at radius 2 is 1.70 bits per heavy atom. The molecule has 27 heavy (non-hydrogen) atoms. The number of likely N-dealkylation sites (N-methyl/N-ethyl adjacent to an activating group) is 1. The summed E-state index contributed by atoms with van der Waals surface area (Å²) in [7, 11) is 1.88. The molecule has 0 saturated heterocycles. The Kier molecular flexibility index (Phi) is 9.19. The molecule has 0 radical (unpaired) electrons. The molecule has 2 N–H and O–H groups in total. The fourth-order valence-electron chi connectivity index (χ4n) is 2.91. The summed E-state index contributed by atoms with van der Waals surface area (Å²) in [4.78, 5) is 17.7. The summed E-state index contributed by atoms with van der Waals surface area (Å²) in [6, 6.07) is 18.1. The second-order valence-corrected chi connectivity index (χ2v) is 7.42. The number of hydrogen-bond donors (Lipinski definition) is 2. The van der Waals surface area contributed by atoms with Crippen LogP contribution >= 0.6 is 36.2 Å². The quantitative estimate of drug-likeness (QED) is 0.562. The highest BCUT2D eigenvalue weighted by Crippen LogP contribution is 2.32. The molecule has 0 aliphatic heterocycles. The van der Waals surface area contributed by atoms with Crippen LogP contribution in [0.15, 0.2) is 54.6 Å². The lowest BCUT2D eigenvalue weighted by molar-refractivity contribution is -0.126. The van der Waals surface area contributed by atoms with E-state index >= 15 is 0 Å². The van der Waals surface area contributed by atoms with Crippen molar-refractivity contribution in [3.05, 3.63) is 65.2 Å². The highest BCUT2D eigenvalue weighted by molar-refractivity contribution is 7.18. The van der Waals surface area contributed by atoms with Crippen molar-refractivity contribution in [2.24, 2.45) is 0 Å². The number of rotatable bonds is 7. The van der Waals surface area contributed by atoms with Gasteiger partial charge in [0.05, 0.1) is 20.6 Å². The van der Waals surface area contributed by atoms with Gasteiger partial charge >= 0.3 is 0 Å². The minimum Gasteiger partial charge on any atom is -0.354 e. The molecule has 1 heterocycles. The van der Waals surface area contributed by atoms with E-state index in [9.17, 15) is 4.79 Å². The summed E-state index contributed by atoms with van der Waals surface area (Å²) in [5.41, 5.74) is 1.35. The van der Waals surface area contributed by atoms with E-state index in [1.165, 1.54) is 0 Å². The number of para-hydroxylation sites is 1. The molecule has 2 aromatic carbocycles. The molecule has 0 spiro atoms. The van der Waals surface area contributed by atoms with Crippen LogP contribution < -0.4 is 10.6 Å². The maximum absolute atomic E-state index is 13.0. The van der Waals surface area contributed by atoms with Gasteiger partial charge in [0.2, 0.25) is 5.91 Å². The fourth-order valence-corrected chi connectivity index (χ4v) is 4.04. The predicted octanol–water partition coefficient (Wildman–Crippen LogP) is 3.98. The number of nitrogens with one attached hydrogen (secondary N) is 2. The Bertz CT molecular complexity index is 824. The second-order valence-electron chi connectivity index (χ2n) is 6.31. The lowest BCUT2D eigenvalue weighted by Gasteiger charge is -2.28. The molecule has 0 bridgehead atoms. The molecule has 3 rings (SSSR count). The summed E-state index contributed by atoms with van der Waals surface area (Å²) in [6.45, 7) is 3.36. The lowest BCUT2D eigenvalue weighted by Crippen LogP contribution is -2.45. The Morgan fingerprint density at radius 3 is 2.37 bits per heavy atom. The van der Waals surface area contributed by atoms with E-state index in [0.717, 1.165) is 27.3 Å². The van der Waals surface area contributed by atoms with E-state index in [1.807, 2.05) is 62.5 Å². The standard InChI is InChI=1S/C20H23N3OS.2ClH/c1-20(15-8-4-3-5-9-15,19(24)22-13-12-21-2)14-18-23-16-10-6-7-11-17(16)25-18;;/h3-11,21H,12-14H2,1-2H3,(H,22,24);2*1H. The van der Waals surface area contributed by atoms with E-state index in [2.05, 4.69) is 16.7 Å². The van der Waals surface area contributed by atoms with Gasteiger partial charge in [0.25, 0.3) is 0 Å². The molecule has 0 fully saturated rings. The summed E-state index contributed by atoms with van der Waals surface area (Å²) in [6.07, 6.45) is 0.585. The van der Waals surface area contributed by atoms with Crippen molar-refractivity contribution in [1.82, 2.24) is 15.6 Å². The van der Waals surface area contributed by atoms with Crippen molar-refractivity contribution >= 4 is 52.3 Å². The van der Waals surface area contributed by atoms with Gasteiger partial charge in [0, 0.05) is 19.5 Å². The summed E-state index contributed by atoms with van der Waals surface area (Å²) >= 11 is 1.66. The predicted molar refractivity (Wildman–Crippen MR) is 119 cm³/mol. The fraction of sp³-hybridized carbons (Fsp3) is 0.300. The first-order chi connectivity index (χ1) is 12.1. The van der Waals surface area contributed by atoms with E-state index in [0.29, 0.717) is 13.0 Å². The number of fused-ring (bicyclic) bond motifs is 1. The molecule has 0 aliphatic carbocycles. The SMILES string of the molecule is CNCCNC(=O)C(C)(Cc1nc2ccccc2s1)c1ccccc1.Cl.Cl. The molecular formula is C20H25Cl2N3OS. The molecular weight excluding hydrogens is 401 g/mol. The Morgan fingerprint density at radius 1 is 1.04 bits per heavy atom. The number of halogens is 2. The second kappa shape index (κ2) is 10.6. The van der Waals surface area contributed by atoms with Crippen LogP contribution in [0.1, 0.15) is 17.5 Å². The number of aromatic nitrogens is 1. The molecule has 1 atom stereocenters. The Hall–Kier alpha value is -1.66. The number of nitrogens with zero attached hydrogens (tertiary/aromatic N) is 1. The number of hydrogen-bond acceptors (Lipinski definition) is 4. The first kappa shape index (κ1) is 23.4. The van der Waals surface area contributed by atoms with Crippen LogP contribution in [-0.2, 0) is 16.6 Å². The molecule has 0 aliphatic rings. The molecule has 1 unspecified atom stereocenters. The summed E-state index contributed by atoms with van der Waals surface area (Å²) in [5.74, 6) is 0.0354. The average Bonchev–Trinajstić information content (AvgIpc) is 3.04. The van der Waals surface area contributed by atoms with E-state index in [1.54, 1.807) is 11.3 Å². The van der Waals surface area contributed by atoms with Gasteiger partial charge in [-0.2, -0.15) is 0 Å². The maximum atomic E-state index is 13.0. The van der Waals surface area contributed by atoms with Crippen LogP contribution in [0.25, 0.3) is 10.2 Å². The van der Waals surface area contributed by atoms with Crippen LogP contribution in [0.5, 0.6) is 0 Å². The molecule has 1 amide bonds. The van der Waals surface area contributed by atoms with E-state index in [4.69, 9.17) is 4.98 Å². The largest absolute Gasteiger partial charge is 0.354 e. The maximum Gasteiger partial charge on any atom is 0.230 e. The lowest BCUT2D eigenvalue weighted by atomic mass is 9.78. The number of amides is 1. The highest BCUT2D eigenvalue weighted by Gasteiger charge is 2.36. The van der Waals surface area contributed by atoms with Crippen molar-refractivity contribution in [1.29, 1.82) is 0 Å². The van der Waals surface area contributed by atoms with Gasteiger partial charge in [-0.3, -0.25) is 4.79 Å². The number of carbonyl (C=O) groups excluding carboxylic acids is 1. The van der Waals surface area contributed by atoms with Gasteiger partial charge < -0.3 is 10.6 Å². The van der Waals surface area contributed by atoms with Crippen molar-refractivity contribution in [3.63, 3.8) is 0 Å². The van der Waals surface area contributed by atoms with Gasteiger partial charge in [-0.15, -0.1) is 36.2 Å². The van der Waals surface area contributed by atoms with Crippen molar-refractivity contribution < 1.29 is 4.79 Å². The minimum atomic E-state index is -0.650. The zero-order chi connectivity index (χ0) is 17.7. The first-order valence-electron chi connectivity index (χ1n) is 8.46. The van der Waals surface area contributed by atoms with Crippen molar-refractivity contribution in [3.8, 4) is 0 Å². The average molecular weight is 426 g/mol. The normalized spacial score (nSPS) is 12.5. The summed E-state index contributed by atoms with van der Waals surface area (Å²) in [5, 5.41) is 7.09. The summed E-state index contributed by atoms with van der Waals surface area (Å²) < 4.78 is 1.16. The Balaban J connectivity index is 0.00000182. The number of thiazole rings is 1. The topological polar surface area (TPSA) is 54.0 Å². The van der Waals surface area contributed by atoms with Gasteiger partial charge in [-0.1, -0.05) is 42.5 Å². The van der Waals surface area contributed by atoms with Crippen LogP contribution in [0.2, 0.25) is 0 Å². The molecule has 1 aromatic heterocycles. The van der Waals surface area contributed by atoms with Crippen LogP contribution in [0.3, 0.4) is 0 Å². The van der Waals surface area contributed by atoms with Crippen LogP contribution in [0.4, 0.5) is 0 Å². The van der Waals surface area contributed by atoms with E-state index in [-0.39, 0.29) is 30.7 Å². The molecule has 3 aromatic rings. The van der Waals surface area contributed by atoms with Crippen molar-refractivity contribution in [2.45, 2.75) is 18.8 Å². The number of benzene rings is 2. The third-order valence-corrected chi connectivity index (χ3v) is 5.45. The molecule has 0 saturated carbocycles. The highest BCUT2D eigenvalue weighted by atomic mass is 35.5. The number of carbonyl (C=O) groups is 1. The smallest absolute Gasteiger partial charge is 0.230 e. The van der Waals surface area contributed by atoms with Crippen LogP contribution in [0, 0.1) is 0 Å². The first-order valence-corrected chi connectivity index (χ1v) is 9.28. The van der Waals surface area contributed by atoms with Crippen molar-refractivity contribution in [2.75, 3.05) is 20.1 Å².